The van der Waals surface area contributed by atoms with Gasteiger partial charge in [-0.05, 0) is 36.6 Å². The Morgan fingerprint density at radius 2 is 1.76 bits per heavy atom. The maximum absolute atomic E-state index is 12.5. The van der Waals surface area contributed by atoms with Crippen LogP contribution in [-0.2, 0) is 5.33 Å². The van der Waals surface area contributed by atoms with E-state index in [0.717, 1.165) is 49.5 Å². The SMILES string of the molecule is CC(C)CCN1CCN(C(=O)c2ccc(CBr)cc2)CC1. The quantitative estimate of drug-likeness (QED) is 0.758. The summed E-state index contributed by atoms with van der Waals surface area (Å²) >= 11 is 3.43. The molecule has 116 valence electrons. The van der Waals surface area contributed by atoms with E-state index in [0.29, 0.717) is 0 Å². The molecule has 1 aromatic carbocycles. The molecule has 0 spiro atoms. The van der Waals surface area contributed by atoms with Crippen molar-refractivity contribution in [3.8, 4) is 0 Å². The highest BCUT2D eigenvalue weighted by atomic mass is 79.9. The molecule has 3 nitrogen and oxygen atoms in total. The Kier molecular flexibility index (Phi) is 6.24. The van der Waals surface area contributed by atoms with Crippen LogP contribution in [0.3, 0.4) is 0 Å². The number of hydrogen-bond acceptors (Lipinski definition) is 2. The molecule has 1 amide bonds. The monoisotopic (exact) mass is 352 g/mol. The molecule has 1 aliphatic rings. The molecule has 1 saturated heterocycles. The van der Waals surface area contributed by atoms with Crippen molar-refractivity contribution >= 4 is 21.8 Å². The van der Waals surface area contributed by atoms with Crippen molar-refractivity contribution in [1.29, 1.82) is 0 Å². The number of benzene rings is 1. The summed E-state index contributed by atoms with van der Waals surface area (Å²) in [6.45, 7) is 9.36. The number of hydrogen-bond donors (Lipinski definition) is 0. The number of amides is 1. The van der Waals surface area contributed by atoms with E-state index in [2.05, 4.69) is 34.7 Å². The van der Waals surface area contributed by atoms with Crippen LogP contribution in [0, 0.1) is 5.92 Å². The van der Waals surface area contributed by atoms with E-state index in [9.17, 15) is 4.79 Å². The molecular weight excluding hydrogens is 328 g/mol. The number of piperazine rings is 1. The lowest BCUT2D eigenvalue weighted by atomic mass is 10.1. The molecule has 0 atom stereocenters. The van der Waals surface area contributed by atoms with Gasteiger partial charge in [0.05, 0.1) is 0 Å². The zero-order valence-corrected chi connectivity index (χ0v) is 14.6. The molecule has 0 aromatic heterocycles. The summed E-state index contributed by atoms with van der Waals surface area (Å²) in [4.78, 5) is 16.9. The first-order chi connectivity index (χ1) is 10.1. The van der Waals surface area contributed by atoms with Gasteiger partial charge in [0.15, 0.2) is 0 Å². The number of alkyl halides is 1. The average molecular weight is 353 g/mol. The second kappa shape index (κ2) is 7.95. The van der Waals surface area contributed by atoms with Gasteiger partial charge in [0.25, 0.3) is 5.91 Å². The van der Waals surface area contributed by atoms with Gasteiger partial charge in [0, 0.05) is 37.1 Å². The van der Waals surface area contributed by atoms with Gasteiger partial charge in [-0.2, -0.15) is 0 Å². The first-order valence-corrected chi connectivity index (χ1v) is 8.89. The molecule has 0 saturated carbocycles. The highest BCUT2D eigenvalue weighted by Gasteiger charge is 2.21. The van der Waals surface area contributed by atoms with E-state index in [-0.39, 0.29) is 5.91 Å². The molecule has 0 N–H and O–H groups in total. The Balaban J connectivity index is 1.84. The second-order valence-corrected chi connectivity index (χ2v) is 6.71. The van der Waals surface area contributed by atoms with Crippen molar-refractivity contribution in [2.75, 3.05) is 32.7 Å². The lowest BCUT2D eigenvalue weighted by Gasteiger charge is -2.35. The van der Waals surface area contributed by atoms with Gasteiger partial charge in [0.1, 0.15) is 0 Å². The van der Waals surface area contributed by atoms with Crippen molar-refractivity contribution in [1.82, 2.24) is 9.80 Å². The topological polar surface area (TPSA) is 23.6 Å². The van der Waals surface area contributed by atoms with E-state index in [1.807, 2.05) is 29.2 Å². The second-order valence-electron chi connectivity index (χ2n) is 6.15. The Hall–Kier alpha value is -0.870. The van der Waals surface area contributed by atoms with Crippen LogP contribution >= 0.6 is 15.9 Å². The maximum atomic E-state index is 12.5. The first-order valence-electron chi connectivity index (χ1n) is 7.76. The van der Waals surface area contributed by atoms with Crippen molar-refractivity contribution in [2.45, 2.75) is 25.6 Å². The summed E-state index contributed by atoms with van der Waals surface area (Å²) in [5, 5.41) is 0.829. The van der Waals surface area contributed by atoms with Crippen LogP contribution in [-0.4, -0.2) is 48.4 Å². The third kappa shape index (κ3) is 4.82. The first kappa shape index (κ1) is 16.5. The van der Waals surface area contributed by atoms with Gasteiger partial charge in [-0.1, -0.05) is 41.9 Å². The minimum absolute atomic E-state index is 0.166. The maximum Gasteiger partial charge on any atom is 0.253 e. The number of carbonyl (C=O) groups is 1. The molecule has 1 aromatic rings. The lowest BCUT2D eigenvalue weighted by molar-refractivity contribution is 0.0632. The fraction of sp³-hybridized carbons (Fsp3) is 0.588. The number of halogens is 1. The van der Waals surface area contributed by atoms with E-state index in [4.69, 9.17) is 0 Å². The molecule has 1 aliphatic heterocycles. The minimum atomic E-state index is 0.166. The third-order valence-electron chi connectivity index (χ3n) is 4.04. The molecule has 0 unspecified atom stereocenters. The molecule has 0 radical (unpaired) electrons. The third-order valence-corrected chi connectivity index (χ3v) is 4.68. The standard InChI is InChI=1S/C17H25BrN2O/c1-14(2)7-8-19-9-11-20(12-10-19)17(21)16-5-3-15(13-18)4-6-16/h3-6,14H,7-13H2,1-2H3. The van der Waals surface area contributed by atoms with Gasteiger partial charge in [-0.15, -0.1) is 0 Å². The van der Waals surface area contributed by atoms with Crippen LogP contribution in [0.25, 0.3) is 0 Å². The summed E-state index contributed by atoms with van der Waals surface area (Å²) in [6, 6.07) is 7.90. The molecule has 21 heavy (non-hydrogen) atoms. The fourth-order valence-corrected chi connectivity index (χ4v) is 2.91. The normalized spacial score (nSPS) is 16.5. The van der Waals surface area contributed by atoms with Crippen LogP contribution in [0.15, 0.2) is 24.3 Å². The molecular formula is C17H25BrN2O. The predicted molar refractivity (Wildman–Crippen MR) is 90.9 cm³/mol. The summed E-state index contributed by atoms with van der Waals surface area (Å²) in [7, 11) is 0. The van der Waals surface area contributed by atoms with Crippen molar-refractivity contribution in [2.24, 2.45) is 5.92 Å². The zero-order valence-electron chi connectivity index (χ0n) is 13.0. The minimum Gasteiger partial charge on any atom is -0.336 e. The predicted octanol–water partition coefficient (Wildman–Crippen LogP) is 3.39. The molecule has 2 rings (SSSR count). The van der Waals surface area contributed by atoms with Crippen LogP contribution < -0.4 is 0 Å². The smallest absolute Gasteiger partial charge is 0.253 e. The molecule has 1 fully saturated rings. The van der Waals surface area contributed by atoms with Gasteiger partial charge < -0.3 is 4.90 Å². The van der Waals surface area contributed by atoms with Crippen molar-refractivity contribution in [3.05, 3.63) is 35.4 Å². The van der Waals surface area contributed by atoms with Crippen LogP contribution in [0.2, 0.25) is 0 Å². The Morgan fingerprint density at radius 1 is 1.14 bits per heavy atom. The fourth-order valence-electron chi connectivity index (χ4n) is 2.53. The molecule has 0 aliphatic carbocycles. The van der Waals surface area contributed by atoms with E-state index >= 15 is 0 Å². The van der Waals surface area contributed by atoms with Crippen molar-refractivity contribution in [3.63, 3.8) is 0 Å². The van der Waals surface area contributed by atoms with Crippen LogP contribution in [0.4, 0.5) is 0 Å². The van der Waals surface area contributed by atoms with Crippen molar-refractivity contribution < 1.29 is 4.79 Å². The number of carbonyl (C=O) groups excluding carboxylic acids is 1. The largest absolute Gasteiger partial charge is 0.336 e. The highest BCUT2D eigenvalue weighted by Crippen LogP contribution is 2.13. The summed E-state index contributed by atoms with van der Waals surface area (Å²) in [6.07, 6.45) is 1.24. The Morgan fingerprint density at radius 3 is 2.29 bits per heavy atom. The average Bonchev–Trinajstić information content (AvgIpc) is 2.53. The lowest BCUT2D eigenvalue weighted by Crippen LogP contribution is -2.49. The van der Waals surface area contributed by atoms with Crippen LogP contribution in [0.5, 0.6) is 0 Å². The van der Waals surface area contributed by atoms with E-state index < -0.39 is 0 Å². The molecule has 0 bridgehead atoms. The summed E-state index contributed by atoms with van der Waals surface area (Å²) < 4.78 is 0. The summed E-state index contributed by atoms with van der Waals surface area (Å²) in [5.41, 5.74) is 2.00. The Labute approximate surface area is 136 Å². The van der Waals surface area contributed by atoms with Gasteiger partial charge in [-0.25, -0.2) is 0 Å². The highest BCUT2D eigenvalue weighted by molar-refractivity contribution is 9.08. The number of rotatable bonds is 5. The molecule has 4 heteroatoms. The van der Waals surface area contributed by atoms with Gasteiger partial charge in [-0.3, -0.25) is 9.69 Å². The summed E-state index contributed by atoms with van der Waals surface area (Å²) in [5.74, 6) is 0.914. The Bertz CT molecular complexity index is 450. The van der Waals surface area contributed by atoms with Crippen LogP contribution in [0.1, 0.15) is 36.2 Å². The van der Waals surface area contributed by atoms with Gasteiger partial charge >= 0.3 is 0 Å². The van der Waals surface area contributed by atoms with Gasteiger partial charge in [0.2, 0.25) is 0 Å². The molecule has 1 heterocycles. The zero-order chi connectivity index (χ0) is 15.2. The number of nitrogens with zero attached hydrogens (tertiary/aromatic N) is 2. The van der Waals surface area contributed by atoms with E-state index in [1.54, 1.807) is 0 Å². The van der Waals surface area contributed by atoms with E-state index in [1.165, 1.54) is 12.0 Å².